The number of hydrogen-bond acceptors (Lipinski definition) is 3. The molecule has 5 nitrogen and oxygen atoms in total. The lowest BCUT2D eigenvalue weighted by atomic mass is 10.1. The van der Waals surface area contributed by atoms with E-state index in [9.17, 15) is 4.79 Å². The van der Waals surface area contributed by atoms with Crippen LogP contribution in [0.3, 0.4) is 0 Å². The molecule has 0 aromatic heterocycles. The summed E-state index contributed by atoms with van der Waals surface area (Å²) in [5.41, 5.74) is -0.261. The number of urea groups is 1. The predicted molar refractivity (Wildman–Crippen MR) is 74.5 cm³/mol. The summed E-state index contributed by atoms with van der Waals surface area (Å²) in [7, 11) is 0. The van der Waals surface area contributed by atoms with Crippen molar-refractivity contribution in [1.82, 2.24) is 10.6 Å². The molecule has 1 rings (SSSR count). The largest absolute Gasteiger partial charge is 0.494 e. The van der Waals surface area contributed by atoms with Crippen LogP contribution in [0.2, 0.25) is 0 Å². The molecule has 5 heteroatoms. The Morgan fingerprint density at radius 3 is 2.11 bits per heavy atom. The standard InChI is InChI=1S/C14H22N2O3/c1-5-18-11-6-8-12(9-7-11)19-10-15-13(17)16-14(2,3)4/h6-9H,5,10H2,1-4H3,(H2,15,16,17). The summed E-state index contributed by atoms with van der Waals surface area (Å²) in [5.74, 6) is 1.48. The fourth-order valence-corrected chi connectivity index (χ4v) is 1.37. The highest BCUT2D eigenvalue weighted by Gasteiger charge is 2.12. The van der Waals surface area contributed by atoms with Crippen LogP contribution in [0.15, 0.2) is 24.3 Å². The van der Waals surface area contributed by atoms with Crippen molar-refractivity contribution < 1.29 is 14.3 Å². The van der Waals surface area contributed by atoms with E-state index in [1.54, 1.807) is 12.1 Å². The maximum atomic E-state index is 11.5. The van der Waals surface area contributed by atoms with Crippen molar-refractivity contribution >= 4 is 6.03 Å². The molecule has 19 heavy (non-hydrogen) atoms. The first-order valence-electron chi connectivity index (χ1n) is 6.32. The van der Waals surface area contributed by atoms with Gasteiger partial charge in [-0.05, 0) is 52.0 Å². The van der Waals surface area contributed by atoms with E-state index < -0.39 is 0 Å². The predicted octanol–water partition coefficient (Wildman–Crippen LogP) is 2.52. The second-order valence-corrected chi connectivity index (χ2v) is 5.07. The first-order valence-corrected chi connectivity index (χ1v) is 6.32. The normalized spacial score (nSPS) is 10.7. The molecule has 0 radical (unpaired) electrons. The van der Waals surface area contributed by atoms with E-state index in [2.05, 4.69) is 10.6 Å². The molecule has 2 N–H and O–H groups in total. The Bertz CT molecular complexity index is 396. The van der Waals surface area contributed by atoms with Crippen LogP contribution in [0.1, 0.15) is 27.7 Å². The van der Waals surface area contributed by atoms with E-state index in [0.29, 0.717) is 12.4 Å². The fraction of sp³-hybridized carbons (Fsp3) is 0.500. The third-order valence-electron chi connectivity index (χ3n) is 2.09. The van der Waals surface area contributed by atoms with Gasteiger partial charge in [-0.2, -0.15) is 0 Å². The van der Waals surface area contributed by atoms with Crippen molar-refractivity contribution in [2.75, 3.05) is 13.3 Å². The number of amides is 2. The summed E-state index contributed by atoms with van der Waals surface area (Å²) in [6.45, 7) is 8.44. The first-order chi connectivity index (χ1) is 8.90. The molecule has 1 aromatic carbocycles. The number of carbonyl (C=O) groups is 1. The second-order valence-electron chi connectivity index (χ2n) is 5.07. The molecule has 0 unspecified atom stereocenters. The third-order valence-corrected chi connectivity index (χ3v) is 2.09. The summed E-state index contributed by atoms with van der Waals surface area (Å²) < 4.78 is 10.7. The minimum Gasteiger partial charge on any atom is -0.494 e. The Hall–Kier alpha value is -1.91. The molecular weight excluding hydrogens is 244 g/mol. The van der Waals surface area contributed by atoms with Crippen molar-refractivity contribution in [3.8, 4) is 11.5 Å². The number of hydrogen-bond donors (Lipinski definition) is 2. The van der Waals surface area contributed by atoms with Gasteiger partial charge in [-0.25, -0.2) is 4.79 Å². The minimum atomic E-state index is -0.261. The van der Waals surface area contributed by atoms with Crippen LogP contribution in [0.25, 0.3) is 0 Å². The molecule has 0 aliphatic heterocycles. The van der Waals surface area contributed by atoms with Gasteiger partial charge in [0.25, 0.3) is 0 Å². The number of ether oxygens (including phenoxy) is 2. The molecule has 0 bridgehead atoms. The first kappa shape index (κ1) is 15.1. The Labute approximate surface area is 114 Å². The zero-order valence-corrected chi connectivity index (χ0v) is 11.9. The SMILES string of the molecule is CCOc1ccc(OCNC(=O)NC(C)(C)C)cc1. The highest BCUT2D eigenvalue weighted by molar-refractivity contribution is 5.74. The molecule has 1 aromatic rings. The molecule has 0 aliphatic carbocycles. The average Bonchev–Trinajstić information content (AvgIpc) is 2.29. The van der Waals surface area contributed by atoms with Crippen LogP contribution in [0.5, 0.6) is 11.5 Å². The smallest absolute Gasteiger partial charge is 0.317 e. The van der Waals surface area contributed by atoms with Crippen molar-refractivity contribution in [2.24, 2.45) is 0 Å². The number of rotatable bonds is 5. The van der Waals surface area contributed by atoms with E-state index in [4.69, 9.17) is 9.47 Å². The molecule has 0 aliphatic rings. The van der Waals surface area contributed by atoms with Crippen molar-refractivity contribution in [3.05, 3.63) is 24.3 Å². The molecular formula is C14H22N2O3. The van der Waals surface area contributed by atoms with Gasteiger partial charge in [0, 0.05) is 5.54 Å². The molecule has 0 saturated heterocycles. The van der Waals surface area contributed by atoms with Gasteiger partial charge in [-0.3, -0.25) is 0 Å². The zero-order chi connectivity index (χ0) is 14.3. The minimum absolute atomic E-state index is 0.121. The third kappa shape index (κ3) is 6.55. The Kier molecular flexibility index (Phi) is 5.48. The highest BCUT2D eigenvalue weighted by atomic mass is 16.5. The molecule has 0 saturated carbocycles. The van der Waals surface area contributed by atoms with Gasteiger partial charge in [0.05, 0.1) is 6.61 Å². The summed E-state index contributed by atoms with van der Waals surface area (Å²) >= 11 is 0. The van der Waals surface area contributed by atoms with E-state index in [1.165, 1.54) is 0 Å². The molecule has 106 valence electrons. The van der Waals surface area contributed by atoms with E-state index in [1.807, 2.05) is 39.8 Å². The maximum Gasteiger partial charge on any atom is 0.317 e. The Balaban J connectivity index is 2.31. The van der Waals surface area contributed by atoms with E-state index in [0.717, 1.165) is 5.75 Å². The van der Waals surface area contributed by atoms with Crippen LogP contribution >= 0.6 is 0 Å². The number of carbonyl (C=O) groups excluding carboxylic acids is 1. The van der Waals surface area contributed by atoms with Crippen molar-refractivity contribution in [3.63, 3.8) is 0 Å². The quantitative estimate of drug-likeness (QED) is 0.805. The lowest BCUT2D eigenvalue weighted by Crippen LogP contribution is -2.47. The number of nitrogens with one attached hydrogen (secondary N) is 2. The average molecular weight is 266 g/mol. The summed E-state index contributed by atoms with van der Waals surface area (Å²) in [6, 6.07) is 7.00. The maximum absolute atomic E-state index is 11.5. The summed E-state index contributed by atoms with van der Waals surface area (Å²) in [6.07, 6.45) is 0. The van der Waals surface area contributed by atoms with Crippen LogP contribution in [0.4, 0.5) is 4.79 Å². The fourth-order valence-electron chi connectivity index (χ4n) is 1.37. The summed E-state index contributed by atoms with van der Waals surface area (Å²) in [5, 5.41) is 5.41. The molecule has 0 atom stereocenters. The highest BCUT2D eigenvalue weighted by Crippen LogP contribution is 2.17. The lowest BCUT2D eigenvalue weighted by Gasteiger charge is -2.20. The van der Waals surface area contributed by atoms with Crippen LogP contribution < -0.4 is 20.1 Å². The van der Waals surface area contributed by atoms with Crippen LogP contribution in [-0.2, 0) is 0 Å². The van der Waals surface area contributed by atoms with Gasteiger partial charge in [0.15, 0.2) is 6.73 Å². The van der Waals surface area contributed by atoms with Gasteiger partial charge in [0.2, 0.25) is 0 Å². The Morgan fingerprint density at radius 2 is 1.63 bits per heavy atom. The molecule has 0 fully saturated rings. The monoisotopic (exact) mass is 266 g/mol. The summed E-state index contributed by atoms with van der Waals surface area (Å²) in [4.78, 5) is 11.5. The van der Waals surface area contributed by atoms with Crippen LogP contribution in [-0.4, -0.2) is 24.9 Å². The van der Waals surface area contributed by atoms with Gasteiger partial charge < -0.3 is 20.1 Å². The number of benzene rings is 1. The molecule has 2 amide bonds. The Morgan fingerprint density at radius 1 is 1.11 bits per heavy atom. The van der Waals surface area contributed by atoms with Gasteiger partial charge in [0.1, 0.15) is 11.5 Å². The molecule has 0 heterocycles. The lowest BCUT2D eigenvalue weighted by molar-refractivity contribution is 0.216. The topological polar surface area (TPSA) is 59.6 Å². The van der Waals surface area contributed by atoms with Crippen LogP contribution in [0, 0.1) is 0 Å². The van der Waals surface area contributed by atoms with E-state index >= 15 is 0 Å². The van der Waals surface area contributed by atoms with Gasteiger partial charge in [-0.15, -0.1) is 0 Å². The van der Waals surface area contributed by atoms with E-state index in [-0.39, 0.29) is 18.3 Å². The zero-order valence-electron chi connectivity index (χ0n) is 11.9. The second kappa shape index (κ2) is 6.87. The van der Waals surface area contributed by atoms with Gasteiger partial charge in [-0.1, -0.05) is 0 Å². The molecule has 0 spiro atoms. The van der Waals surface area contributed by atoms with Crippen molar-refractivity contribution in [2.45, 2.75) is 33.2 Å². The van der Waals surface area contributed by atoms with Gasteiger partial charge >= 0.3 is 6.03 Å². The van der Waals surface area contributed by atoms with Crippen molar-refractivity contribution in [1.29, 1.82) is 0 Å².